The van der Waals surface area contributed by atoms with Crippen LogP contribution in [0.25, 0.3) is 0 Å². The van der Waals surface area contributed by atoms with Crippen LogP contribution in [0.3, 0.4) is 0 Å². The molecule has 0 saturated carbocycles. The van der Waals surface area contributed by atoms with Crippen LogP contribution in [0.15, 0.2) is 117 Å². The quantitative estimate of drug-likeness (QED) is 0.0420. The Morgan fingerprint density at radius 3 is 1.29 bits per heavy atom. The van der Waals surface area contributed by atoms with E-state index < -0.39 is 0 Å². The van der Waals surface area contributed by atoms with Crippen LogP contribution < -0.4 is 14.4 Å². The van der Waals surface area contributed by atoms with Crippen molar-refractivity contribution in [1.29, 1.82) is 0 Å². The van der Waals surface area contributed by atoms with Crippen molar-refractivity contribution in [2.24, 2.45) is 10.2 Å². The van der Waals surface area contributed by atoms with Gasteiger partial charge in [0.15, 0.2) is 0 Å². The molecule has 0 N–H and O–H groups in total. The van der Waals surface area contributed by atoms with Crippen molar-refractivity contribution in [1.82, 2.24) is 0 Å². The number of azo groups is 1. The lowest BCUT2D eigenvalue weighted by Crippen LogP contribution is -2.21. The number of unbranched alkanes of at least 4 members (excludes halogenated alkanes) is 14. The maximum absolute atomic E-state index is 5.99. The first-order valence-corrected chi connectivity index (χ1v) is 20.9. The largest absolute Gasteiger partial charge is 0.494 e. The van der Waals surface area contributed by atoms with Gasteiger partial charge in [-0.3, -0.25) is 0 Å². The molecule has 0 saturated heterocycles. The predicted octanol–water partition coefficient (Wildman–Crippen LogP) is 14.3. The summed E-state index contributed by atoms with van der Waals surface area (Å²) in [5.74, 6) is 2.79. The SMILES string of the molecule is SCCCCCCCCCCOc1ccc(N=Nc2ccc(OCCCCCCCCCCN3c4ccccc4Sc4ccccc43)cc2)cc1. The van der Waals surface area contributed by atoms with Gasteiger partial charge in [0.2, 0.25) is 0 Å². The van der Waals surface area contributed by atoms with Crippen molar-refractivity contribution < 1.29 is 9.47 Å². The smallest absolute Gasteiger partial charge is 0.119 e. The first-order chi connectivity index (χ1) is 25.3. The minimum absolute atomic E-state index is 0.753. The van der Waals surface area contributed by atoms with Gasteiger partial charge in [-0.15, -0.1) is 0 Å². The molecule has 0 aliphatic carbocycles. The second-order valence-corrected chi connectivity index (χ2v) is 15.0. The van der Waals surface area contributed by atoms with E-state index in [2.05, 4.69) is 76.3 Å². The molecular formula is C44H57N3O2S2. The van der Waals surface area contributed by atoms with Gasteiger partial charge in [0.1, 0.15) is 11.5 Å². The van der Waals surface area contributed by atoms with Crippen molar-refractivity contribution in [3.05, 3.63) is 97.1 Å². The molecule has 272 valence electrons. The molecule has 7 heteroatoms. The molecule has 0 radical (unpaired) electrons. The Kier molecular flexibility index (Phi) is 17.7. The number of fused-ring (bicyclic) bond motifs is 2. The Labute approximate surface area is 317 Å². The molecular weight excluding hydrogens is 667 g/mol. The van der Waals surface area contributed by atoms with E-state index in [-0.39, 0.29) is 0 Å². The lowest BCUT2D eigenvalue weighted by atomic mass is 10.1. The summed E-state index contributed by atoms with van der Waals surface area (Å²) >= 11 is 6.16. The van der Waals surface area contributed by atoms with Crippen LogP contribution in [0.5, 0.6) is 11.5 Å². The van der Waals surface area contributed by atoms with E-state index >= 15 is 0 Å². The van der Waals surface area contributed by atoms with Gasteiger partial charge in [0.05, 0.1) is 36.0 Å². The summed E-state index contributed by atoms with van der Waals surface area (Å²) in [4.78, 5) is 5.24. The van der Waals surface area contributed by atoms with Crippen molar-refractivity contribution in [2.45, 2.75) is 113 Å². The first-order valence-electron chi connectivity index (χ1n) is 19.4. The summed E-state index contributed by atoms with van der Waals surface area (Å²) in [5.41, 5.74) is 4.33. The number of nitrogens with zero attached hydrogens (tertiary/aromatic N) is 3. The van der Waals surface area contributed by atoms with E-state index in [9.17, 15) is 0 Å². The van der Waals surface area contributed by atoms with Crippen LogP contribution in [0, 0.1) is 0 Å². The standard InChI is InChI=1S/C44H57N3O2S2/c50-36-20-12-8-4-3-7-11-19-35-49-40-31-27-38(28-32-40)46-45-37-25-29-39(30-26-37)48-34-18-10-6-2-1-5-9-17-33-47-41-21-13-15-23-43(41)51-44-24-16-14-22-42(44)47/h13-16,21-32,50H,1-12,17-20,33-36H2. The summed E-state index contributed by atoms with van der Waals surface area (Å²) in [6.45, 7) is 2.60. The molecule has 0 bridgehead atoms. The third-order valence-electron chi connectivity index (χ3n) is 9.35. The molecule has 0 fully saturated rings. The summed E-state index contributed by atoms with van der Waals surface area (Å²) in [6.07, 6.45) is 20.2. The maximum atomic E-state index is 5.99. The number of para-hydroxylation sites is 2. The van der Waals surface area contributed by atoms with Crippen LogP contribution in [0.4, 0.5) is 22.7 Å². The summed E-state index contributed by atoms with van der Waals surface area (Å²) in [6, 6.07) is 33.4. The van der Waals surface area contributed by atoms with E-state index in [0.29, 0.717) is 0 Å². The van der Waals surface area contributed by atoms with E-state index in [4.69, 9.17) is 9.47 Å². The third-order valence-corrected chi connectivity index (χ3v) is 10.8. The minimum Gasteiger partial charge on any atom is -0.494 e. The van der Waals surface area contributed by atoms with Gasteiger partial charge in [-0.2, -0.15) is 22.9 Å². The van der Waals surface area contributed by atoms with Crippen LogP contribution in [0.1, 0.15) is 103 Å². The Morgan fingerprint density at radius 1 is 0.451 bits per heavy atom. The minimum atomic E-state index is 0.753. The lowest BCUT2D eigenvalue weighted by molar-refractivity contribution is 0.304. The Hall–Kier alpha value is -3.42. The highest BCUT2D eigenvalue weighted by atomic mass is 32.2. The Morgan fingerprint density at radius 2 is 0.843 bits per heavy atom. The molecule has 0 spiro atoms. The number of hydrogen-bond donors (Lipinski definition) is 1. The van der Waals surface area contributed by atoms with Gasteiger partial charge in [-0.05, 0) is 104 Å². The molecule has 4 aromatic rings. The van der Waals surface area contributed by atoms with Gasteiger partial charge in [-0.25, -0.2) is 0 Å². The highest BCUT2D eigenvalue weighted by molar-refractivity contribution is 7.99. The fraction of sp³-hybridized carbons (Fsp3) is 0.455. The highest BCUT2D eigenvalue weighted by Crippen LogP contribution is 2.47. The molecule has 51 heavy (non-hydrogen) atoms. The molecule has 0 aromatic heterocycles. The highest BCUT2D eigenvalue weighted by Gasteiger charge is 2.22. The van der Waals surface area contributed by atoms with Crippen LogP contribution in [-0.2, 0) is 0 Å². The summed E-state index contributed by atoms with van der Waals surface area (Å²) in [5, 5.41) is 8.79. The first kappa shape index (κ1) is 38.8. The number of anilines is 2. The molecule has 5 rings (SSSR count). The molecule has 4 aromatic carbocycles. The normalized spacial score (nSPS) is 12.2. The second kappa shape index (κ2) is 23.2. The number of thiol groups is 1. The average molecular weight is 724 g/mol. The fourth-order valence-corrected chi connectivity index (χ4v) is 7.76. The van der Waals surface area contributed by atoms with Crippen molar-refractivity contribution in [2.75, 3.05) is 30.4 Å². The topological polar surface area (TPSA) is 46.4 Å². The molecule has 0 atom stereocenters. The lowest BCUT2D eigenvalue weighted by Gasteiger charge is -2.32. The van der Waals surface area contributed by atoms with Gasteiger partial charge in [0.25, 0.3) is 0 Å². The molecule has 1 heterocycles. The molecule has 0 amide bonds. The average Bonchev–Trinajstić information content (AvgIpc) is 3.17. The van der Waals surface area contributed by atoms with Crippen LogP contribution >= 0.6 is 24.4 Å². The fourth-order valence-electron chi connectivity index (χ4n) is 6.44. The summed E-state index contributed by atoms with van der Waals surface area (Å²) < 4.78 is 11.9. The van der Waals surface area contributed by atoms with E-state index in [0.717, 1.165) is 61.2 Å². The van der Waals surface area contributed by atoms with Crippen LogP contribution in [-0.4, -0.2) is 25.5 Å². The molecule has 5 nitrogen and oxygen atoms in total. The molecule has 0 unspecified atom stereocenters. The van der Waals surface area contributed by atoms with Gasteiger partial charge < -0.3 is 14.4 Å². The Balaban J connectivity index is 0.864. The van der Waals surface area contributed by atoms with E-state index in [1.54, 1.807) is 0 Å². The number of ether oxygens (including phenoxy) is 2. The monoisotopic (exact) mass is 723 g/mol. The molecule has 1 aliphatic heterocycles. The Bertz CT molecular complexity index is 1520. The van der Waals surface area contributed by atoms with Crippen LogP contribution in [0.2, 0.25) is 0 Å². The third kappa shape index (κ3) is 13.9. The predicted molar refractivity (Wildman–Crippen MR) is 220 cm³/mol. The van der Waals surface area contributed by atoms with Gasteiger partial charge in [-0.1, -0.05) is 113 Å². The van der Waals surface area contributed by atoms with E-state index in [1.165, 1.54) is 111 Å². The zero-order valence-corrected chi connectivity index (χ0v) is 32.1. The zero-order valence-electron chi connectivity index (χ0n) is 30.4. The van der Waals surface area contributed by atoms with Gasteiger partial charge in [0, 0.05) is 16.3 Å². The summed E-state index contributed by atoms with van der Waals surface area (Å²) in [7, 11) is 0. The second-order valence-electron chi connectivity index (χ2n) is 13.5. The number of benzene rings is 4. The van der Waals surface area contributed by atoms with Gasteiger partial charge >= 0.3 is 0 Å². The van der Waals surface area contributed by atoms with Crippen molar-refractivity contribution >= 4 is 47.1 Å². The number of rotatable bonds is 25. The molecule has 1 aliphatic rings. The van der Waals surface area contributed by atoms with Crippen molar-refractivity contribution in [3.63, 3.8) is 0 Å². The van der Waals surface area contributed by atoms with E-state index in [1.807, 2.05) is 60.3 Å². The van der Waals surface area contributed by atoms with Crippen molar-refractivity contribution in [3.8, 4) is 11.5 Å². The number of hydrogen-bond acceptors (Lipinski definition) is 7. The zero-order chi connectivity index (χ0) is 35.2. The maximum Gasteiger partial charge on any atom is 0.119 e.